The van der Waals surface area contributed by atoms with Crippen LogP contribution in [0.3, 0.4) is 0 Å². The minimum absolute atomic E-state index is 0.0611. The molecule has 0 aliphatic rings. The Labute approximate surface area is 185 Å². The first-order valence-corrected chi connectivity index (χ1v) is 10.7. The molecule has 3 aromatic rings. The smallest absolute Gasteiger partial charge is 0.255 e. The molecule has 1 heterocycles. The highest BCUT2D eigenvalue weighted by Crippen LogP contribution is 2.27. The van der Waals surface area contributed by atoms with Gasteiger partial charge in [0.1, 0.15) is 12.3 Å². The van der Waals surface area contributed by atoms with E-state index in [4.69, 9.17) is 9.26 Å². The lowest BCUT2D eigenvalue weighted by Gasteiger charge is -2.21. The number of rotatable bonds is 9. The summed E-state index contributed by atoms with van der Waals surface area (Å²) in [5.74, 6) is 1.66. The van der Waals surface area contributed by atoms with Crippen LogP contribution < -0.4 is 10.1 Å². The summed E-state index contributed by atoms with van der Waals surface area (Å²) in [6, 6.07) is 14.4. The van der Waals surface area contributed by atoms with Crippen LogP contribution in [0.1, 0.15) is 29.0 Å². The lowest BCUT2D eigenvalue weighted by molar-refractivity contribution is -0.116. The molecule has 31 heavy (non-hydrogen) atoms. The van der Waals surface area contributed by atoms with Gasteiger partial charge >= 0.3 is 0 Å². The average molecular weight is 441 g/mol. The van der Waals surface area contributed by atoms with Gasteiger partial charge in [0.25, 0.3) is 5.91 Å². The van der Waals surface area contributed by atoms with E-state index in [9.17, 15) is 9.59 Å². The van der Waals surface area contributed by atoms with Gasteiger partial charge in [0, 0.05) is 23.2 Å². The SMILES string of the molecule is CCN(CC(=O)Nc1cccc(OC)c1)C(=O)c1ccccc1SCc1nc(C)no1. The second kappa shape index (κ2) is 10.6. The molecule has 0 saturated heterocycles. The summed E-state index contributed by atoms with van der Waals surface area (Å²) in [7, 11) is 1.56. The molecule has 0 spiro atoms. The molecule has 1 N–H and O–H groups in total. The number of aromatic nitrogens is 2. The van der Waals surface area contributed by atoms with Crippen molar-refractivity contribution in [3.63, 3.8) is 0 Å². The molecule has 0 fully saturated rings. The zero-order valence-electron chi connectivity index (χ0n) is 17.6. The lowest BCUT2D eigenvalue weighted by Crippen LogP contribution is -2.38. The quantitative estimate of drug-likeness (QED) is 0.506. The van der Waals surface area contributed by atoms with Gasteiger partial charge in [0.15, 0.2) is 5.82 Å². The number of amides is 2. The Balaban J connectivity index is 1.67. The first kappa shape index (κ1) is 22.4. The molecule has 0 unspecified atom stereocenters. The summed E-state index contributed by atoms with van der Waals surface area (Å²) in [6.45, 7) is 3.93. The van der Waals surface area contributed by atoms with Gasteiger partial charge in [-0.3, -0.25) is 9.59 Å². The van der Waals surface area contributed by atoms with Gasteiger partial charge in [0.05, 0.1) is 18.4 Å². The molecule has 0 radical (unpaired) electrons. The van der Waals surface area contributed by atoms with E-state index in [2.05, 4.69) is 15.5 Å². The zero-order chi connectivity index (χ0) is 22.2. The van der Waals surface area contributed by atoms with Crippen LogP contribution in [0, 0.1) is 6.92 Å². The van der Waals surface area contributed by atoms with Crippen molar-refractivity contribution in [2.24, 2.45) is 0 Å². The highest BCUT2D eigenvalue weighted by Gasteiger charge is 2.20. The fourth-order valence-corrected chi connectivity index (χ4v) is 3.76. The van der Waals surface area contributed by atoms with E-state index in [1.807, 2.05) is 19.1 Å². The molecule has 0 saturated carbocycles. The number of anilines is 1. The number of methoxy groups -OCH3 is 1. The van der Waals surface area contributed by atoms with Gasteiger partial charge in [-0.05, 0) is 38.1 Å². The summed E-state index contributed by atoms with van der Waals surface area (Å²) < 4.78 is 10.3. The number of carbonyl (C=O) groups excluding carboxylic acids is 2. The van der Waals surface area contributed by atoms with Crippen molar-refractivity contribution in [3.05, 3.63) is 65.8 Å². The standard InChI is InChI=1S/C22H24N4O4S/c1-4-26(13-20(27)24-16-8-7-9-17(12-16)29-3)22(28)18-10-5-6-11-19(18)31-14-21-23-15(2)25-30-21/h5-12H,4,13-14H2,1-3H3,(H,24,27). The van der Waals surface area contributed by atoms with Crippen LogP contribution in [0.4, 0.5) is 5.69 Å². The number of hydrogen-bond acceptors (Lipinski definition) is 7. The Kier molecular flexibility index (Phi) is 7.66. The molecule has 9 heteroatoms. The van der Waals surface area contributed by atoms with E-state index in [1.165, 1.54) is 16.7 Å². The predicted octanol–water partition coefficient (Wildman–Crippen LogP) is 3.78. The second-order valence-corrected chi connectivity index (χ2v) is 7.64. The first-order chi connectivity index (χ1) is 15.0. The number of carbonyl (C=O) groups is 2. The van der Waals surface area contributed by atoms with Crippen LogP contribution >= 0.6 is 11.8 Å². The molecule has 1 aromatic heterocycles. The zero-order valence-corrected chi connectivity index (χ0v) is 18.4. The van der Waals surface area contributed by atoms with Crippen LogP contribution in [-0.2, 0) is 10.5 Å². The van der Waals surface area contributed by atoms with Crippen molar-refractivity contribution < 1.29 is 18.8 Å². The van der Waals surface area contributed by atoms with E-state index in [0.717, 1.165) is 4.90 Å². The first-order valence-electron chi connectivity index (χ1n) is 9.74. The molecule has 0 bridgehead atoms. The number of nitrogens with zero attached hydrogens (tertiary/aromatic N) is 3. The summed E-state index contributed by atoms with van der Waals surface area (Å²) >= 11 is 1.44. The molecule has 2 aromatic carbocycles. The molecule has 162 valence electrons. The molecule has 0 atom stereocenters. The van der Waals surface area contributed by atoms with Gasteiger partial charge < -0.3 is 19.5 Å². The van der Waals surface area contributed by atoms with E-state index >= 15 is 0 Å². The Morgan fingerprint density at radius 2 is 2.00 bits per heavy atom. The maximum absolute atomic E-state index is 13.2. The number of aryl methyl sites for hydroxylation is 1. The molecule has 0 aliphatic carbocycles. The summed E-state index contributed by atoms with van der Waals surface area (Å²) in [6.07, 6.45) is 0. The third kappa shape index (κ3) is 6.08. The molecule has 8 nitrogen and oxygen atoms in total. The normalized spacial score (nSPS) is 10.5. The van der Waals surface area contributed by atoms with Crippen molar-refractivity contribution in [3.8, 4) is 5.75 Å². The topological polar surface area (TPSA) is 97.6 Å². The Bertz CT molecular complexity index is 1050. The molecular weight excluding hydrogens is 416 g/mol. The molecular formula is C22H24N4O4S. The largest absolute Gasteiger partial charge is 0.497 e. The van der Waals surface area contributed by atoms with Crippen molar-refractivity contribution in [2.45, 2.75) is 24.5 Å². The Hall–Kier alpha value is -3.33. The van der Waals surface area contributed by atoms with Crippen molar-refractivity contribution in [1.82, 2.24) is 15.0 Å². The van der Waals surface area contributed by atoms with Crippen LogP contribution in [0.2, 0.25) is 0 Å². The third-order valence-corrected chi connectivity index (χ3v) is 5.45. The van der Waals surface area contributed by atoms with E-state index in [-0.39, 0.29) is 18.4 Å². The molecule has 3 rings (SSSR count). The lowest BCUT2D eigenvalue weighted by atomic mass is 10.2. The second-order valence-electron chi connectivity index (χ2n) is 6.62. The molecule has 0 aliphatic heterocycles. The van der Waals surface area contributed by atoms with Crippen molar-refractivity contribution in [1.29, 1.82) is 0 Å². The van der Waals surface area contributed by atoms with Crippen LogP contribution in [0.15, 0.2) is 57.9 Å². The number of likely N-dealkylation sites (N-methyl/N-ethyl adjacent to an activating group) is 1. The van der Waals surface area contributed by atoms with Crippen molar-refractivity contribution in [2.75, 3.05) is 25.5 Å². The minimum atomic E-state index is -0.282. The highest BCUT2D eigenvalue weighted by molar-refractivity contribution is 7.98. The maximum Gasteiger partial charge on any atom is 0.255 e. The van der Waals surface area contributed by atoms with Gasteiger partial charge in [0.2, 0.25) is 11.8 Å². The van der Waals surface area contributed by atoms with E-state index < -0.39 is 0 Å². The van der Waals surface area contributed by atoms with E-state index in [0.29, 0.717) is 41.0 Å². The monoisotopic (exact) mass is 440 g/mol. The summed E-state index contributed by atoms with van der Waals surface area (Å²) in [5.41, 5.74) is 1.14. The number of ether oxygens (including phenoxy) is 1. The fraction of sp³-hybridized carbons (Fsp3) is 0.273. The third-order valence-electron chi connectivity index (χ3n) is 4.40. The number of hydrogen-bond donors (Lipinski definition) is 1. The average Bonchev–Trinajstić information content (AvgIpc) is 3.21. The maximum atomic E-state index is 13.2. The minimum Gasteiger partial charge on any atom is -0.497 e. The van der Waals surface area contributed by atoms with Gasteiger partial charge in [-0.15, -0.1) is 11.8 Å². The van der Waals surface area contributed by atoms with E-state index in [1.54, 1.807) is 50.4 Å². The van der Waals surface area contributed by atoms with Crippen LogP contribution in [0.5, 0.6) is 5.75 Å². The Morgan fingerprint density at radius 1 is 1.19 bits per heavy atom. The van der Waals surface area contributed by atoms with Gasteiger partial charge in [-0.25, -0.2) is 0 Å². The number of nitrogens with one attached hydrogen (secondary N) is 1. The van der Waals surface area contributed by atoms with Crippen molar-refractivity contribution >= 4 is 29.3 Å². The van der Waals surface area contributed by atoms with Gasteiger partial charge in [-0.2, -0.15) is 4.98 Å². The van der Waals surface area contributed by atoms with Crippen LogP contribution in [0.25, 0.3) is 0 Å². The fourth-order valence-electron chi connectivity index (χ4n) is 2.88. The highest BCUT2D eigenvalue weighted by atomic mass is 32.2. The summed E-state index contributed by atoms with van der Waals surface area (Å²) in [5, 5.41) is 6.58. The van der Waals surface area contributed by atoms with Crippen LogP contribution in [-0.4, -0.2) is 47.1 Å². The predicted molar refractivity (Wildman–Crippen MR) is 118 cm³/mol. The number of benzene rings is 2. The summed E-state index contributed by atoms with van der Waals surface area (Å²) in [4.78, 5) is 32.2. The number of thioether (sulfide) groups is 1. The molecule has 2 amide bonds. The van der Waals surface area contributed by atoms with Gasteiger partial charge in [-0.1, -0.05) is 23.4 Å². The Morgan fingerprint density at radius 3 is 2.71 bits per heavy atom.